The lowest BCUT2D eigenvalue weighted by atomic mass is 10.0. The van der Waals surface area contributed by atoms with Crippen molar-refractivity contribution in [2.75, 3.05) is 19.9 Å². The Balaban J connectivity index is 1.71. The first-order chi connectivity index (χ1) is 12.6. The highest BCUT2D eigenvalue weighted by molar-refractivity contribution is 5.85. The monoisotopic (exact) mass is 361 g/mol. The lowest BCUT2D eigenvalue weighted by Gasteiger charge is -2.28. The fraction of sp³-hybridized carbons (Fsp3) is 0.611. The zero-order valence-electron chi connectivity index (χ0n) is 14.6. The van der Waals surface area contributed by atoms with Gasteiger partial charge in [0.2, 0.25) is 12.7 Å². The smallest absolute Gasteiger partial charge is 0.278 e. The summed E-state index contributed by atoms with van der Waals surface area (Å²) in [7, 11) is 0. The summed E-state index contributed by atoms with van der Waals surface area (Å²) in [5.41, 5.74) is 0.296. The second-order valence-electron chi connectivity index (χ2n) is 7.16. The zero-order valence-corrected chi connectivity index (χ0v) is 14.6. The van der Waals surface area contributed by atoms with Crippen LogP contribution in [0.4, 0.5) is 5.69 Å². The zero-order chi connectivity index (χ0) is 18.1. The Morgan fingerprint density at radius 1 is 1.15 bits per heavy atom. The minimum atomic E-state index is -0.673. The molecule has 1 N–H and O–H groups in total. The molecule has 1 aromatic rings. The molecule has 0 radical (unpaired) electrons. The van der Waals surface area contributed by atoms with Crippen molar-refractivity contribution in [3.05, 3.63) is 27.8 Å². The van der Waals surface area contributed by atoms with Crippen LogP contribution in [0.1, 0.15) is 50.1 Å². The van der Waals surface area contributed by atoms with Gasteiger partial charge in [-0.05, 0) is 44.8 Å². The molecule has 1 aliphatic carbocycles. The van der Waals surface area contributed by atoms with Gasteiger partial charge >= 0.3 is 0 Å². The van der Waals surface area contributed by atoms with E-state index < -0.39 is 11.0 Å². The molecule has 26 heavy (non-hydrogen) atoms. The molecule has 0 unspecified atom stereocenters. The van der Waals surface area contributed by atoms with Crippen LogP contribution in [0.3, 0.4) is 0 Å². The van der Waals surface area contributed by atoms with Crippen molar-refractivity contribution in [1.29, 1.82) is 0 Å². The van der Waals surface area contributed by atoms with Crippen LogP contribution in [0.25, 0.3) is 0 Å². The molecule has 0 bridgehead atoms. The average molecular weight is 361 g/mol. The predicted octanol–water partition coefficient (Wildman–Crippen LogP) is 2.52. The molecule has 1 saturated carbocycles. The van der Waals surface area contributed by atoms with Gasteiger partial charge in [0.25, 0.3) is 5.69 Å². The molecule has 1 atom stereocenters. The van der Waals surface area contributed by atoms with E-state index in [1.807, 2.05) is 4.90 Å². The van der Waals surface area contributed by atoms with E-state index in [4.69, 9.17) is 9.47 Å². The number of hydrogen-bond acceptors (Lipinski definition) is 6. The molecule has 0 spiro atoms. The van der Waals surface area contributed by atoms with Gasteiger partial charge in [-0.15, -0.1) is 0 Å². The van der Waals surface area contributed by atoms with Crippen molar-refractivity contribution in [3.8, 4) is 11.5 Å². The summed E-state index contributed by atoms with van der Waals surface area (Å²) in [6, 6.07) is 2.48. The number of nitrogens with one attached hydrogen (secondary N) is 1. The lowest BCUT2D eigenvalue weighted by Crippen LogP contribution is -2.43. The second-order valence-corrected chi connectivity index (χ2v) is 7.16. The highest BCUT2D eigenvalue weighted by Crippen LogP contribution is 2.42. The molecule has 140 valence electrons. The topological polar surface area (TPSA) is 93.9 Å². The van der Waals surface area contributed by atoms with Crippen molar-refractivity contribution in [3.63, 3.8) is 0 Å². The van der Waals surface area contributed by atoms with Gasteiger partial charge in [0.1, 0.15) is 6.04 Å². The summed E-state index contributed by atoms with van der Waals surface area (Å²) >= 11 is 0. The third-order valence-electron chi connectivity index (χ3n) is 5.47. The van der Waals surface area contributed by atoms with E-state index in [1.54, 1.807) is 6.07 Å². The molecule has 0 aromatic heterocycles. The fourth-order valence-corrected chi connectivity index (χ4v) is 4.18. The molecule has 2 fully saturated rings. The normalized spacial score (nSPS) is 21.1. The predicted molar refractivity (Wildman–Crippen MR) is 93.2 cm³/mol. The third-order valence-corrected chi connectivity index (χ3v) is 5.47. The van der Waals surface area contributed by atoms with Crippen molar-refractivity contribution in [1.82, 2.24) is 10.2 Å². The number of hydrogen-bond donors (Lipinski definition) is 1. The number of rotatable bonds is 5. The van der Waals surface area contributed by atoms with Gasteiger partial charge in [0.15, 0.2) is 11.5 Å². The Bertz CT molecular complexity index is 711. The maximum Gasteiger partial charge on any atom is 0.278 e. The van der Waals surface area contributed by atoms with Crippen LogP contribution in [0.2, 0.25) is 0 Å². The van der Waals surface area contributed by atoms with Crippen molar-refractivity contribution >= 4 is 11.6 Å². The molecular formula is C18H23N3O5. The third kappa shape index (κ3) is 3.21. The number of nitro benzene ring substituents is 1. The van der Waals surface area contributed by atoms with E-state index in [0.29, 0.717) is 17.1 Å². The summed E-state index contributed by atoms with van der Waals surface area (Å²) in [6.45, 7) is 1.56. The number of ether oxygens (including phenoxy) is 2. The van der Waals surface area contributed by atoms with Crippen molar-refractivity contribution in [2.24, 2.45) is 0 Å². The van der Waals surface area contributed by atoms with E-state index >= 15 is 0 Å². The first-order valence-electron chi connectivity index (χ1n) is 9.26. The van der Waals surface area contributed by atoms with Crippen LogP contribution in [-0.4, -0.2) is 41.7 Å². The van der Waals surface area contributed by atoms with Gasteiger partial charge in [-0.3, -0.25) is 19.8 Å². The van der Waals surface area contributed by atoms with Crippen LogP contribution < -0.4 is 14.8 Å². The molecule has 3 aliphatic rings. The average Bonchev–Trinajstić information content (AvgIpc) is 3.36. The van der Waals surface area contributed by atoms with Gasteiger partial charge in [-0.1, -0.05) is 12.8 Å². The van der Waals surface area contributed by atoms with Gasteiger partial charge in [0, 0.05) is 6.04 Å². The summed E-state index contributed by atoms with van der Waals surface area (Å²) in [6.07, 6.45) is 6.16. The highest BCUT2D eigenvalue weighted by Gasteiger charge is 2.37. The molecule has 4 rings (SSSR count). The number of nitrogens with zero attached hydrogens (tertiary/aromatic N) is 2. The van der Waals surface area contributed by atoms with Crippen LogP contribution in [0.5, 0.6) is 11.5 Å². The van der Waals surface area contributed by atoms with Crippen LogP contribution in [-0.2, 0) is 4.79 Å². The number of nitro groups is 1. The minimum Gasteiger partial charge on any atom is -0.454 e. The van der Waals surface area contributed by atoms with E-state index in [9.17, 15) is 14.9 Å². The molecule has 2 heterocycles. The van der Waals surface area contributed by atoms with Gasteiger partial charge in [-0.2, -0.15) is 0 Å². The Labute approximate surface area is 151 Å². The van der Waals surface area contributed by atoms with Crippen LogP contribution in [0, 0.1) is 10.1 Å². The number of amides is 1. The van der Waals surface area contributed by atoms with Crippen molar-refractivity contribution < 1.29 is 19.2 Å². The largest absolute Gasteiger partial charge is 0.454 e. The van der Waals surface area contributed by atoms with E-state index in [2.05, 4.69) is 5.32 Å². The Morgan fingerprint density at radius 2 is 1.81 bits per heavy atom. The second kappa shape index (κ2) is 7.11. The quantitative estimate of drug-likeness (QED) is 0.640. The number of carbonyl (C=O) groups is 1. The molecule has 1 saturated heterocycles. The van der Waals surface area contributed by atoms with E-state index in [1.165, 1.54) is 6.07 Å². The SMILES string of the molecule is O=C(NC1CCCC1)[C@H](c1cc2c(cc1[N+](=O)[O-])OCO2)N1CCCC1. The summed E-state index contributed by atoms with van der Waals surface area (Å²) in [5.74, 6) is 0.668. The molecule has 2 aliphatic heterocycles. The van der Waals surface area contributed by atoms with Crippen molar-refractivity contribution in [2.45, 2.75) is 50.6 Å². The first-order valence-corrected chi connectivity index (χ1v) is 9.26. The van der Waals surface area contributed by atoms with Crippen LogP contribution in [0.15, 0.2) is 12.1 Å². The van der Waals surface area contributed by atoms with E-state index in [-0.39, 0.29) is 24.4 Å². The maximum absolute atomic E-state index is 13.1. The van der Waals surface area contributed by atoms with Gasteiger partial charge in [-0.25, -0.2) is 0 Å². The number of likely N-dealkylation sites (tertiary alicyclic amines) is 1. The Hall–Kier alpha value is -2.35. The van der Waals surface area contributed by atoms with Crippen LogP contribution >= 0.6 is 0 Å². The summed E-state index contributed by atoms with van der Waals surface area (Å²) in [5, 5.41) is 14.8. The summed E-state index contributed by atoms with van der Waals surface area (Å²) < 4.78 is 10.7. The highest BCUT2D eigenvalue weighted by atomic mass is 16.7. The molecule has 8 nitrogen and oxygen atoms in total. The maximum atomic E-state index is 13.1. The number of benzene rings is 1. The fourth-order valence-electron chi connectivity index (χ4n) is 4.18. The molecule has 8 heteroatoms. The number of carbonyl (C=O) groups excluding carboxylic acids is 1. The minimum absolute atomic E-state index is 0.0403. The molecule has 1 aromatic carbocycles. The molecular weight excluding hydrogens is 338 g/mol. The van der Waals surface area contributed by atoms with Gasteiger partial charge < -0.3 is 14.8 Å². The molecule has 1 amide bonds. The van der Waals surface area contributed by atoms with E-state index in [0.717, 1.165) is 51.6 Å². The number of fused-ring (bicyclic) bond motifs is 1. The summed E-state index contributed by atoms with van der Waals surface area (Å²) in [4.78, 5) is 26.4. The Morgan fingerprint density at radius 3 is 2.46 bits per heavy atom. The van der Waals surface area contributed by atoms with Gasteiger partial charge in [0.05, 0.1) is 16.6 Å². The lowest BCUT2D eigenvalue weighted by molar-refractivity contribution is -0.385. The first kappa shape index (κ1) is 17.1. The standard InChI is InChI=1S/C18H23N3O5/c22-18(19-12-5-1-2-6-12)17(20-7-3-4-8-20)13-9-15-16(26-11-25-15)10-14(13)21(23)24/h9-10,12,17H,1-8,11H2,(H,19,22)/t17-/m0/s1. The Kier molecular flexibility index (Phi) is 4.67.